The lowest BCUT2D eigenvalue weighted by atomic mass is 10.0. The van der Waals surface area contributed by atoms with E-state index in [2.05, 4.69) is 62.5 Å². The first kappa shape index (κ1) is 58.0. The van der Waals surface area contributed by atoms with Crippen LogP contribution in [0, 0.1) is 11.8 Å². The molecule has 2 aromatic heterocycles. The number of nitrogens with zero attached hydrogens (tertiary/aromatic N) is 4. The molecule has 8 unspecified atom stereocenters. The number of carbonyl (C=O) groups is 10. The number of aromatic nitrogens is 4. The zero-order valence-corrected chi connectivity index (χ0v) is 43.9. The standard InChI is InChI=1S/C47H56N12O16S2/c1-22(2)36-46(68)74-17-32(54-40(62)30-15-48-26-11-7-9-13-28(26)52-30)42(64)50-25(6)39(61)57-35-20-77(72,73)21-76(70,71)19-34(44(66)58-36)56-38(60)24(5)51-43(65)33(18-75-47(69)37(23(3)4)59-45(35)67)55-41(63)31-16-49-27-12-8-10-14-29(27)53-31/h7-16,22-25,32-37H,17-21H2,1-6H3,(H,50,64)(H,51,65)(H,54,62)(H,55,63)(H,56,60)(H,57,61)(H,58,66)(H,59,67). The van der Waals surface area contributed by atoms with Crippen molar-refractivity contribution in [1.82, 2.24) is 62.5 Å². The molecule has 2 aliphatic heterocycles. The number of carbonyl (C=O) groups excluding carboxylic acids is 10. The quantitative estimate of drug-likeness (QED) is 0.0874. The van der Waals surface area contributed by atoms with E-state index in [1.807, 2.05) is 0 Å². The van der Waals surface area contributed by atoms with E-state index in [4.69, 9.17) is 9.47 Å². The number of esters is 2. The molecule has 2 saturated heterocycles. The highest BCUT2D eigenvalue weighted by molar-refractivity contribution is 8.08. The molecule has 2 aliphatic rings. The number of nitrogens with one attached hydrogen (secondary N) is 8. The van der Waals surface area contributed by atoms with Crippen molar-refractivity contribution < 1.29 is 74.3 Å². The SMILES string of the molecule is CC1NC(=O)C(NC(=O)c2cnc3ccccc3n2)COC(=O)C(C(C)C)NC(=O)C2CS(=O)(=O)CS(=O)(=O)CC(NC1=O)C(=O)NC(C(C)C)C(=O)OCC(NC(=O)c1cnc3ccccc3n1)C(=O)NC(C)C(=O)N2. The van der Waals surface area contributed by atoms with Gasteiger partial charge in [0.05, 0.1) is 46.0 Å². The molecule has 2 bridgehead atoms. The molecule has 8 amide bonds. The van der Waals surface area contributed by atoms with E-state index in [-0.39, 0.29) is 11.4 Å². The molecule has 412 valence electrons. The Kier molecular flexibility index (Phi) is 18.5. The largest absolute Gasteiger partial charge is 0.461 e. The maximum Gasteiger partial charge on any atom is 0.328 e. The summed E-state index contributed by atoms with van der Waals surface area (Å²) in [5, 5.41) is 16.3. The summed E-state index contributed by atoms with van der Waals surface area (Å²) in [6.45, 7) is 5.90. The highest BCUT2D eigenvalue weighted by Gasteiger charge is 2.40. The lowest BCUT2D eigenvalue weighted by Gasteiger charge is -2.27. The number of benzene rings is 2. The van der Waals surface area contributed by atoms with Crippen LogP contribution in [0.5, 0.6) is 0 Å². The lowest BCUT2D eigenvalue weighted by molar-refractivity contribution is -0.152. The molecule has 0 saturated carbocycles. The van der Waals surface area contributed by atoms with Crippen molar-refractivity contribution in [3.8, 4) is 0 Å². The van der Waals surface area contributed by atoms with Crippen LogP contribution in [0.15, 0.2) is 60.9 Å². The van der Waals surface area contributed by atoms with Crippen molar-refractivity contribution in [1.29, 1.82) is 0 Å². The Morgan fingerprint density at radius 1 is 0.519 bits per heavy atom. The van der Waals surface area contributed by atoms with Gasteiger partial charge in [-0.3, -0.25) is 48.3 Å². The molecule has 77 heavy (non-hydrogen) atoms. The summed E-state index contributed by atoms with van der Waals surface area (Å²) in [7, 11) is -10.2. The normalized spacial score (nSPS) is 25.5. The minimum Gasteiger partial charge on any atom is -0.461 e. The Bertz CT molecular complexity index is 3020. The van der Waals surface area contributed by atoms with Crippen LogP contribution in [-0.2, 0) is 67.5 Å². The first-order valence-electron chi connectivity index (χ1n) is 23.8. The van der Waals surface area contributed by atoms with Crippen molar-refractivity contribution in [3.05, 3.63) is 72.3 Å². The fourth-order valence-corrected chi connectivity index (χ4v) is 12.0. The number of hydrogen-bond acceptors (Lipinski definition) is 20. The highest BCUT2D eigenvalue weighted by Crippen LogP contribution is 2.14. The second-order valence-corrected chi connectivity index (χ2v) is 23.4. The fraction of sp³-hybridized carbons (Fsp3) is 0.447. The van der Waals surface area contributed by atoms with E-state index >= 15 is 0 Å². The number of amides is 8. The molecular formula is C47H56N12O16S2. The van der Waals surface area contributed by atoms with Crippen LogP contribution in [0.3, 0.4) is 0 Å². The maximum atomic E-state index is 14.2. The van der Waals surface area contributed by atoms with Gasteiger partial charge in [-0.2, -0.15) is 0 Å². The fourth-order valence-electron chi connectivity index (χ4n) is 7.57. The second-order valence-electron chi connectivity index (χ2n) is 18.8. The summed E-state index contributed by atoms with van der Waals surface area (Å²) in [6, 6.07) is -2.03. The van der Waals surface area contributed by atoms with E-state index in [9.17, 15) is 64.8 Å². The van der Waals surface area contributed by atoms with Gasteiger partial charge in [0.1, 0.15) is 72.9 Å². The van der Waals surface area contributed by atoms with Crippen LogP contribution in [-0.4, -0.2) is 174 Å². The second kappa shape index (κ2) is 24.6. The number of fused-ring (bicyclic) bond motifs is 8. The van der Waals surface area contributed by atoms with Crippen molar-refractivity contribution in [2.45, 2.75) is 89.9 Å². The number of ether oxygens (including phenoxy) is 2. The van der Waals surface area contributed by atoms with E-state index in [0.29, 0.717) is 22.1 Å². The van der Waals surface area contributed by atoms with Crippen LogP contribution in [0.25, 0.3) is 22.1 Å². The molecule has 2 aromatic carbocycles. The monoisotopic (exact) mass is 1110 g/mol. The molecule has 30 heteroatoms. The summed E-state index contributed by atoms with van der Waals surface area (Å²) in [5.41, 5.74) is 0.839. The Hall–Kier alpha value is -8.28. The third-order valence-corrected chi connectivity index (χ3v) is 16.4. The number of cyclic esters (lactones) is 2. The topological polar surface area (TPSA) is 405 Å². The molecule has 8 atom stereocenters. The van der Waals surface area contributed by atoms with Crippen LogP contribution < -0.4 is 42.5 Å². The van der Waals surface area contributed by atoms with Gasteiger partial charge in [-0.05, 0) is 49.9 Å². The Morgan fingerprint density at radius 3 is 1.22 bits per heavy atom. The van der Waals surface area contributed by atoms with Crippen LogP contribution in [0.2, 0.25) is 0 Å². The third-order valence-electron chi connectivity index (χ3n) is 11.8. The predicted octanol–water partition coefficient (Wildman–Crippen LogP) is -3.37. The average molecular weight is 1110 g/mol. The molecule has 4 heterocycles. The van der Waals surface area contributed by atoms with Gasteiger partial charge in [0.2, 0.25) is 35.4 Å². The Balaban J connectivity index is 1.40. The molecule has 0 aliphatic carbocycles. The summed E-state index contributed by atoms with van der Waals surface area (Å²) in [5.74, 6) is -17.0. The lowest BCUT2D eigenvalue weighted by Crippen LogP contribution is -2.60. The Morgan fingerprint density at radius 2 is 0.870 bits per heavy atom. The van der Waals surface area contributed by atoms with Gasteiger partial charge >= 0.3 is 11.9 Å². The van der Waals surface area contributed by atoms with Gasteiger partial charge in [0, 0.05) is 0 Å². The number of hydrogen-bond donors (Lipinski definition) is 8. The van der Waals surface area contributed by atoms with Crippen LogP contribution in [0.4, 0.5) is 0 Å². The highest BCUT2D eigenvalue weighted by atomic mass is 32.3. The zero-order valence-electron chi connectivity index (χ0n) is 42.2. The first-order valence-corrected chi connectivity index (χ1v) is 27.5. The van der Waals surface area contributed by atoms with Crippen molar-refractivity contribution >= 4 is 101 Å². The number of sulfone groups is 2. The van der Waals surface area contributed by atoms with Gasteiger partial charge in [0.25, 0.3) is 11.8 Å². The summed E-state index contributed by atoms with van der Waals surface area (Å²) in [4.78, 5) is 156. The summed E-state index contributed by atoms with van der Waals surface area (Å²) >= 11 is 0. The summed E-state index contributed by atoms with van der Waals surface area (Å²) in [6.07, 6.45) is 2.20. The van der Waals surface area contributed by atoms with Crippen molar-refractivity contribution in [2.24, 2.45) is 11.8 Å². The van der Waals surface area contributed by atoms with Crippen LogP contribution >= 0.6 is 0 Å². The molecule has 4 aromatic rings. The van der Waals surface area contributed by atoms with Crippen molar-refractivity contribution in [3.63, 3.8) is 0 Å². The van der Waals surface area contributed by atoms with E-state index in [1.54, 1.807) is 48.5 Å². The third kappa shape index (κ3) is 15.4. The molecule has 2 fully saturated rings. The predicted molar refractivity (Wildman–Crippen MR) is 269 cm³/mol. The van der Waals surface area contributed by atoms with Gasteiger partial charge in [0.15, 0.2) is 24.8 Å². The smallest absolute Gasteiger partial charge is 0.328 e. The van der Waals surface area contributed by atoms with Gasteiger partial charge < -0.3 is 52.0 Å². The zero-order chi connectivity index (χ0) is 56.5. The molecule has 0 spiro atoms. The molecular weight excluding hydrogens is 1050 g/mol. The van der Waals surface area contributed by atoms with E-state index < -0.39 is 169 Å². The Labute approximate surface area is 440 Å². The van der Waals surface area contributed by atoms with Crippen molar-refractivity contribution in [2.75, 3.05) is 29.8 Å². The molecule has 6 rings (SSSR count). The number of para-hydroxylation sites is 4. The maximum absolute atomic E-state index is 14.2. The molecule has 0 radical (unpaired) electrons. The number of rotatable bonds is 6. The average Bonchev–Trinajstić information content (AvgIpc) is 3.37. The first-order chi connectivity index (χ1) is 36.2. The van der Waals surface area contributed by atoms with Gasteiger partial charge in [-0.15, -0.1) is 0 Å². The van der Waals surface area contributed by atoms with E-state index in [1.165, 1.54) is 27.7 Å². The summed E-state index contributed by atoms with van der Waals surface area (Å²) < 4.78 is 66.5. The van der Waals surface area contributed by atoms with Gasteiger partial charge in [-0.1, -0.05) is 52.0 Å². The van der Waals surface area contributed by atoms with Gasteiger partial charge in [-0.25, -0.2) is 36.4 Å². The van der Waals surface area contributed by atoms with E-state index in [0.717, 1.165) is 26.2 Å². The minimum absolute atomic E-state index is 0.294. The van der Waals surface area contributed by atoms with Crippen LogP contribution in [0.1, 0.15) is 62.5 Å². The molecule has 28 nitrogen and oxygen atoms in total. The molecule has 8 N–H and O–H groups in total. The minimum atomic E-state index is -5.09.